The Hall–Kier alpha value is -2.15. The van der Waals surface area contributed by atoms with Gasteiger partial charge in [0.05, 0.1) is 11.1 Å². The number of benzene rings is 1. The van der Waals surface area contributed by atoms with Gasteiger partial charge in [-0.05, 0) is 12.1 Å². The number of hydrogen-bond donors (Lipinski definition) is 1. The van der Waals surface area contributed by atoms with Crippen LogP contribution in [-0.4, -0.2) is 14.9 Å². The third-order valence-corrected chi connectivity index (χ3v) is 2.87. The Labute approximate surface area is 101 Å². The van der Waals surface area contributed by atoms with Gasteiger partial charge in [0.15, 0.2) is 0 Å². The van der Waals surface area contributed by atoms with E-state index in [0.717, 1.165) is 0 Å². The second-order valence-electron chi connectivity index (χ2n) is 3.12. The maximum absolute atomic E-state index is 10.7. The summed E-state index contributed by atoms with van der Waals surface area (Å²) in [5.74, 6) is 0. The zero-order valence-electron chi connectivity index (χ0n) is 8.61. The maximum atomic E-state index is 10.7. The second kappa shape index (κ2) is 4.79. The summed E-state index contributed by atoms with van der Waals surface area (Å²) in [7, 11) is 0. The maximum Gasteiger partial charge on any atom is 0.293 e. The van der Waals surface area contributed by atoms with Gasteiger partial charge in [-0.15, -0.1) is 0 Å². The van der Waals surface area contributed by atoms with Crippen LogP contribution in [0.4, 0.5) is 11.4 Å². The molecule has 1 heterocycles. The number of nitrogens with two attached hydrogens (primary N) is 1. The quantitative estimate of drug-likeness (QED) is 0.508. The SMILES string of the molecule is Nc1ccc(Sc2cnccn2)cc1[N+](=O)[O-]. The van der Waals surface area contributed by atoms with Crippen LogP contribution in [-0.2, 0) is 0 Å². The van der Waals surface area contributed by atoms with Gasteiger partial charge in [0.25, 0.3) is 5.69 Å². The Kier molecular flexibility index (Phi) is 3.20. The summed E-state index contributed by atoms with van der Waals surface area (Å²) >= 11 is 1.29. The molecule has 0 atom stereocenters. The summed E-state index contributed by atoms with van der Waals surface area (Å²) in [6.07, 6.45) is 4.72. The summed E-state index contributed by atoms with van der Waals surface area (Å²) in [4.78, 5) is 18.9. The average Bonchev–Trinajstić information content (AvgIpc) is 2.32. The highest BCUT2D eigenvalue weighted by Gasteiger charge is 2.12. The molecule has 0 aliphatic rings. The van der Waals surface area contributed by atoms with Gasteiger partial charge in [0.1, 0.15) is 10.7 Å². The minimum absolute atomic E-state index is 0.0982. The molecule has 2 N–H and O–H groups in total. The van der Waals surface area contributed by atoms with E-state index in [0.29, 0.717) is 9.92 Å². The van der Waals surface area contributed by atoms with E-state index in [4.69, 9.17) is 5.73 Å². The van der Waals surface area contributed by atoms with Crippen LogP contribution < -0.4 is 5.73 Å². The molecular formula is C10H8N4O2S. The molecule has 0 fully saturated rings. The number of nitrogens with zero attached hydrogens (tertiary/aromatic N) is 3. The molecule has 0 saturated heterocycles. The molecule has 1 aromatic heterocycles. The molecule has 7 heteroatoms. The molecule has 0 unspecified atom stereocenters. The zero-order valence-corrected chi connectivity index (χ0v) is 9.42. The lowest BCUT2D eigenvalue weighted by molar-refractivity contribution is -0.384. The van der Waals surface area contributed by atoms with E-state index in [1.165, 1.54) is 23.9 Å². The van der Waals surface area contributed by atoms with Crippen LogP contribution in [0.1, 0.15) is 0 Å². The predicted octanol–water partition coefficient (Wildman–Crippen LogP) is 2.12. The molecule has 0 aliphatic carbocycles. The van der Waals surface area contributed by atoms with E-state index in [-0.39, 0.29) is 11.4 Å². The van der Waals surface area contributed by atoms with Crippen molar-refractivity contribution in [2.24, 2.45) is 0 Å². The van der Waals surface area contributed by atoms with E-state index in [1.807, 2.05) is 0 Å². The Morgan fingerprint density at radius 3 is 2.82 bits per heavy atom. The molecular weight excluding hydrogens is 240 g/mol. The lowest BCUT2D eigenvalue weighted by Crippen LogP contribution is -1.95. The monoisotopic (exact) mass is 248 g/mol. The van der Waals surface area contributed by atoms with Gasteiger partial charge < -0.3 is 5.73 Å². The molecule has 0 bridgehead atoms. The Morgan fingerprint density at radius 1 is 1.35 bits per heavy atom. The number of nitro benzene ring substituents is 1. The molecule has 2 aromatic rings. The summed E-state index contributed by atoms with van der Waals surface area (Å²) in [5.41, 5.74) is 5.56. The predicted molar refractivity (Wildman–Crippen MR) is 63.7 cm³/mol. The first kappa shape index (κ1) is 11.3. The lowest BCUT2D eigenvalue weighted by atomic mass is 10.3. The largest absolute Gasteiger partial charge is 0.393 e. The first-order chi connectivity index (χ1) is 8.16. The van der Waals surface area contributed by atoms with Crippen molar-refractivity contribution in [3.63, 3.8) is 0 Å². The van der Waals surface area contributed by atoms with Crippen LogP contribution in [0.2, 0.25) is 0 Å². The first-order valence-corrected chi connectivity index (χ1v) is 5.46. The van der Waals surface area contributed by atoms with Crippen molar-refractivity contribution in [1.82, 2.24) is 9.97 Å². The van der Waals surface area contributed by atoms with E-state index < -0.39 is 4.92 Å². The van der Waals surface area contributed by atoms with Gasteiger partial charge in [-0.25, -0.2) is 4.98 Å². The van der Waals surface area contributed by atoms with E-state index >= 15 is 0 Å². The van der Waals surface area contributed by atoms with Crippen molar-refractivity contribution >= 4 is 23.1 Å². The molecule has 0 radical (unpaired) electrons. The highest BCUT2D eigenvalue weighted by atomic mass is 32.2. The van der Waals surface area contributed by atoms with Gasteiger partial charge >= 0.3 is 0 Å². The number of anilines is 1. The summed E-state index contributed by atoms with van der Waals surface area (Å²) in [6.45, 7) is 0. The van der Waals surface area contributed by atoms with Crippen LogP contribution >= 0.6 is 11.8 Å². The third kappa shape index (κ3) is 2.70. The van der Waals surface area contributed by atoms with Crippen LogP contribution in [0.15, 0.2) is 46.7 Å². The fourth-order valence-corrected chi connectivity index (χ4v) is 1.98. The fraction of sp³-hybridized carbons (Fsp3) is 0. The van der Waals surface area contributed by atoms with E-state index in [1.54, 1.807) is 24.7 Å². The van der Waals surface area contributed by atoms with Crippen molar-refractivity contribution in [3.8, 4) is 0 Å². The number of nitrogen functional groups attached to an aromatic ring is 1. The van der Waals surface area contributed by atoms with Gasteiger partial charge in [-0.1, -0.05) is 11.8 Å². The van der Waals surface area contributed by atoms with Crippen molar-refractivity contribution in [2.75, 3.05) is 5.73 Å². The van der Waals surface area contributed by atoms with Crippen molar-refractivity contribution in [2.45, 2.75) is 9.92 Å². The van der Waals surface area contributed by atoms with Crippen molar-refractivity contribution in [1.29, 1.82) is 0 Å². The molecule has 0 spiro atoms. The second-order valence-corrected chi connectivity index (χ2v) is 4.22. The summed E-state index contributed by atoms with van der Waals surface area (Å²) in [5, 5.41) is 11.4. The van der Waals surface area contributed by atoms with Crippen molar-refractivity contribution < 1.29 is 4.92 Å². The van der Waals surface area contributed by atoms with Crippen LogP contribution in [0.3, 0.4) is 0 Å². The number of hydrogen-bond acceptors (Lipinski definition) is 6. The molecule has 0 saturated carbocycles. The smallest absolute Gasteiger partial charge is 0.293 e. The summed E-state index contributed by atoms with van der Waals surface area (Å²) in [6, 6.07) is 4.65. The third-order valence-electron chi connectivity index (χ3n) is 1.96. The normalized spacial score (nSPS) is 10.1. The van der Waals surface area contributed by atoms with Crippen molar-refractivity contribution in [3.05, 3.63) is 46.9 Å². The van der Waals surface area contributed by atoms with Crippen LogP contribution in [0, 0.1) is 10.1 Å². The van der Waals surface area contributed by atoms with E-state index in [9.17, 15) is 10.1 Å². The molecule has 6 nitrogen and oxygen atoms in total. The van der Waals surface area contributed by atoms with Crippen LogP contribution in [0.5, 0.6) is 0 Å². The molecule has 86 valence electrons. The van der Waals surface area contributed by atoms with Gasteiger partial charge in [0, 0.05) is 23.4 Å². The fourth-order valence-electron chi connectivity index (χ4n) is 1.20. The molecule has 2 rings (SSSR count). The molecule has 17 heavy (non-hydrogen) atoms. The molecule has 1 aromatic carbocycles. The molecule has 0 aliphatic heterocycles. The number of nitro groups is 1. The Bertz CT molecular complexity index is 547. The zero-order chi connectivity index (χ0) is 12.3. The molecule has 0 amide bonds. The number of aromatic nitrogens is 2. The average molecular weight is 248 g/mol. The Balaban J connectivity index is 2.29. The Morgan fingerprint density at radius 2 is 2.18 bits per heavy atom. The first-order valence-electron chi connectivity index (χ1n) is 4.64. The van der Waals surface area contributed by atoms with Gasteiger partial charge in [-0.2, -0.15) is 0 Å². The highest BCUT2D eigenvalue weighted by molar-refractivity contribution is 7.99. The van der Waals surface area contributed by atoms with Crippen LogP contribution in [0.25, 0.3) is 0 Å². The van der Waals surface area contributed by atoms with Gasteiger partial charge in [0.2, 0.25) is 0 Å². The summed E-state index contributed by atoms with van der Waals surface area (Å²) < 4.78 is 0. The topological polar surface area (TPSA) is 94.9 Å². The minimum atomic E-state index is -0.504. The minimum Gasteiger partial charge on any atom is -0.393 e. The van der Waals surface area contributed by atoms with E-state index in [2.05, 4.69) is 9.97 Å². The number of rotatable bonds is 3. The standard InChI is InChI=1S/C10H8N4O2S/c11-8-2-1-7(5-9(8)14(15)16)17-10-6-12-3-4-13-10/h1-6H,11H2. The lowest BCUT2D eigenvalue weighted by Gasteiger charge is -2.01. The van der Waals surface area contributed by atoms with Gasteiger partial charge in [-0.3, -0.25) is 15.1 Å². The highest BCUT2D eigenvalue weighted by Crippen LogP contribution is 2.31.